The van der Waals surface area contributed by atoms with E-state index in [4.69, 9.17) is 0 Å². The Hall–Kier alpha value is -4.46. The quantitative estimate of drug-likeness (QED) is 0.407. The molecule has 3 aromatic rings. The fourth-order valence-electron chi connectivity index (χ4n) is 3.15. The van der Waals surface area contributed by atoms with Crippen LogP contribution in [0.2, 0.25) is 0 Å². The first kappa shape index (κ1) is 24.2. The van der Waals surface area contributed by atoms with Gasteiger partial charge in [0.1, 0.15) is 6.04 Å². The van der Waals surface area contributed by atoms with E-state index in [2.05, 4.69) is 21.5 Å². The SMILES string of the molecule is CC[C@@H](NC(=O)c1ccccc1NC(=O)c1ccc(C)cc1)C(=O)NNC(=O)c1ccccc1. The fraction of sp³-hybridized carbons (Fsp3) is 0.154. The highest BCUT2D eigenvalue weighted by molar-refractivity contribution is 6.09. The van der Waals surface area contributed by atoms with Gasteiger partial charge in [-0.3, -0.25) is 30.0 Å². The molecule has 4 N–H and O–H groups in total. The van der Waals surface area contributed by atoms with Gasteiger partial charge in [-0.05, 0) is 49.7 Å². The number of carbonyl (C=O) groups is 4. The van der Waals surface area contributed by atoms with Gasteiger partial charge >= 0.3 is 0 Å². The molecule has 174 valence electrons. The number of para-hydroxylation sites is 1. The summed E-state index contributed by atoms with van der Waals surface area (Å²) in [6, 6.07) is 21.1. The number of amides is 4. The van der Waals surface area contributed by atoms with Gasteiger partial charge in [-0.25, -0.2) is 0 Å². The molecular formula is C26H26N4O4. The Balaban J connectivity index is 1.64. The average Bonchev–Trinajstić information content (AvgIpc) is 2.86. The minimum atomic E-state index is -0.899. The van der Waals surface area contributed by atoms with Crippen molar-refractivity contribution in [1.82, 2.24) is 16.2 Å². The van der Waals surface area contributed by atoms with Crippen molar-refractivity contribution < 1.29 is 19.2 Å². The van der Waals surface area contributed by atoms with Gasteiger partial charge in [0.05, 0.1) is 11.3 Å². The third-order valence-corrected chi connectivity index (χ3v) is 5.10. The molecule has 0 aliphatic heterocycles. The van der Waals surface area contributed by atoms with Crippen molar-refractivity contribution in [3.05, 3.63) is 101 Å². The van der Waals surface area contributed by atoms with Gasteiger partial charge in [-0.1, -0.05) is 55.0 Å². The van der Waals surface area contributed by atoms with Gasteiger partial charge in [-0.2, -0.15) is 0 Å². The molecule has 0 saturated heterocycles. The largest absolute Gasteiger partial charge is 0.340 e. The van der Waals surface area contributed by atoms with Crippen LogP contribution in [0.1, 0.15) is 50.0 Å². The monoisotopic (exact) mass is 458 g/mol. The fourth-order valence-corrected chi connectivity index (χ4v) is 3.15. The highest BCUT2D eigenvalue weighted by atomic mass is 16.2. The van der Waals surface area contributed by atoms with E-state index in [1.165, 1.54) is 0 Å². The van der Waals surface area contributed by atoms with Crippen molar-refractivity contribution in [3.63, 3.8) is 0 Å². The molecule has 0 aliphatic rings. The van der Waals surface area contributed by atoms with E-state index in [-0.39, 0.29) is 17.9 Å². The average molecular weight is 459 g/mol. The summed E-state index contributed by atoms with van der Waals surface area (Å²) in [6.45, 7) is 3.66. The van der Waals surface area contributed by atoms with Gasteiger partial charge in [-0.15, -0.1) is 0 Å². The van der Waals surface area contributed by atoms with Crippen molar-refractivity contribution in [2.45, 2.75) is 26.3 Å². The molecule has 0 aliphatic carbocycles. The third kappa shape index (κ3) is 6.29. The maximum absolute atomic E-state index is 12.9. The van der Waals surface area contributed by atoms with E-state index in [1.54, 1.807) is 73.7 Å². The summed E-state index contributed by atoms with van der Waals surface area (Å²) in [5.41, 5.74) is 7.08. The first-order valence-corrected chi connectivity index (χ1v) is 10.8. The molecule has 4 amide bonds. The number of carbonyl (C=O) groups excluding carboxylic acids is 4. The summed E-state index contributed by atoms with van der Waals surface area (Å²) >= 11 is 0. The van der Waals surface area contributed by atoms with Crippen LogP contribution in [0.15, 0.2) is 78.9 Å². The van der Waals surface area contributed by atoms with Crippen molar-refractivity contribution in [2.24, 2.45) is 0 Å². The van der Waals surface area contributed by atoms with Crippen LogP contribution in [0, 0.1) is 6.92 Å². The van der Waals surface area contributed by atoms with E-state index in [0.717, 1.165) is 5.56 Å². The first-order chi connectivity index (χ1) is 16.4. The molecule has 0 aromatic heterocycles. The van der Waals surface area contributed by atoms with Gasteiger partial charge in [0.25, 0.3) is 23.6 Å². The number of benzene rings is 3. The molecule has 3 rings (SSSR count). The molecule has 0 unspecified atom stereocenters. The van der Waals surface area contributed by atoms with Crippen LogP contribution >= 0.6 is 0 Å². The molecule has 8 heteroatoms. The topological polar surface area (TPSA) is 116 Å². The van der Waals surface area contributed by atoms with E-state index < -0.39 is 23.8 Å². The number of hydrogen-bond acceptors (Lipinski definition) is 4. The van der Waals surface area contributed by atoms with Crippen molar-refractivity contribution in [1.29, 1.82) is 0 Å². The van der Waals surface area contributed by atoms with Crippen LogP contribution in [-0.2, 0) is 4.79 Å². The van der Waals surface area contributed by atoms with Crippen LogP contribution in [0.3, 0.4) is 0 Å². The lowest BCUT2D eigenvalue weighted by Crippen LogP contribution is -2.52. The van der Waals surface area contributed by atoms with Crippen molar-refractivity contribution in [2.75, 3.05) is 5.32 Å². The predicted octanol–water partition coefficient (Wildman–Crippen LogP) is 3.22. The second kappa shape index (κ2) is 11.4. The Morgan fingerprint density at radius 1 is 0.706 bits per heavy atom. The molecule has 0 fully saturated rings. The Morgan fingerprint density at radius 2 is 1.32 bits per heavy atom. The number of hydrazine groups is 1. The first-order valence-electron chi connectivity index (χ1n) is 10.8. The normalized spacial score (nSPS) is 11.1. The molecule has 8 nitrogen and oxygen atoms in total. The van der Waals surface area contributed by atoms with Gasteiger partial charge in [0.15, 0.2) is 0 Å². The molecule has 0 bridgehead atoms. The van der Waals surface area contributed by atoms with Crippen molar-refractivity contribution >= 4 is 29.3 Å². The minimum Gasteiger partial charge on any atom is -0.340 e. The molecule has 1 atom stereocenters. The Labute approximate surface area is 197 Å². The molecule has 0 saturated carbocycles. The van der Waals surface area contributed by atoms with Crippen LogP contribution in [0.5, 0.6) is 0 Å². The molecule has 3 aromatic carbocycles. The summed E-state index contributed by atoms with van der Waals surface area (Å²) in [6.07, 6.45) is 0.288. The zero-order chi connectivity index (χ0) is 24.5. The predicted molar refractivity (Wildman–Crippen MR) is 129 cm³/mol. The number of hydrogen-bond donors (Lipinski definition) is 4. The summed E-state index contributed by atoms with van der Waals surface area (Å²) in [5, 5.41) is 5.40. The second-order valence-corrected chi connectivity index (χ2v) is 7.61. The third-order valence-electron chi connectivity index (χ3n) is 5.10. The van der Waals surface area contributed by atoms with E-state index in [9.17, 15) is 19.2 Å². The second-order valence-electron chi connectivity index (χ2n) is 7.61. The van der Waals surface area contributed by atoms with E-state index >= 15 is 0 Å². The molecular weight excluding hydrogens is 432 g/mol. The molecule has 34 heavy (non-hydrogen) atoms. The maximum atomic E-state index is 12.9. The number of aryl methyl sites for hydroxylation is 1. The summed E-state index contributed by atoms with van der Waals surface area (Å²) in [5.74, 6) is -1.93. The number of rotatable bonds is 7. The van der Waals surface area contributed by atoms with Crippen LogP contribution in [0.25, 0.3) is 0 Å². The van der Waals surface area contributed by atoms with Gasteiger partial charge in [0, 0.05) is 11.1 Å². The Morgan fingerprint density at radius 3 is 2.00 bits per heavy atom. The van der Waals surface area contributed by atoms with Gasteiger partial charge in [0.2, 0.25) is 0 Å². The molecule has 0 radical (unpaired) electrons. The highest BCUT2D eigenvalue weighted by Gasteiger charge is 2.22. The summed E-state index contributed by atoms with van der Waals surface area (Å²) in [7, 11) is 0. The number of nitrogens with one attached hydrogen (secondary N) is 4. The maximum Gasteiger partial charge on any atom is 0.269 e. The van der Waals surface area contributed by atoms with Crippen molar-refractivity contribution in [3.8, 4) is 0 Å². The standard InChI is InChI=1S/C26H26N4O4/c1-3-21(26(34)30-29-24(32)18-9-5-4-6-10-18)27-25(33)20-11-7-8-12-22(20)28-23(31)19-15-13-17(2)14-16-19/h4-16,21H,3H2,1-2H3,(H,27,33)(H,28,31)(H,29,32)(H,30,34)/t21-/m1/s1. The smallest absolute Gasteiger partial charge is 0.269 e. The zero-order valence-corrected chi connectivity index (χ0v) is 18.9. The lowest BCUT2D eigenvalue weighted by atomic mass is 10.1. The van der Waals surface area contributed by atoms with E-state index in [0.29, 0.717) is 16.8 Å². The van der Waals surface area contributed by atoms with Gasteiger partial charge < -0.3 is 10.6 Å². The van der Waals surface area contributed by atoms with Crippen LogP contribution in [0.4, 0.5) is 5.69 Å². The minimum absolute atomic E-state index is 0.211. The lowest BCUT2D eigenvalue weighted by Gasteiger charge is -2.18. The Kier molecular flexibility index (Phi) is 8.12. The summed E-state index contributed by atoms with van der Waals surface area (Å²) in [4.78, 5) is 50.2. The molecule has 0 spiro atoms. The van der Waals surface area contributed by atoms with E-state index in [1.807, 2.05) is 19.1 Å². The zero-order valence-electron chi connectivity index (χ0n) is 18.9. The number of anilines is 1. The Bertz CT molecular complexity index is 1180. The highest BCUT2D eigenvalue weighted by Crippen LogP contribution is 2.17. The summed E-state index contributed by atoms with van der Waals surface area (Å²) < 4.78 is 0. The lowest BCUT2D eigenvalue weighted by molar-refractivity contribution is -0.123. The molecule has 0 heterocycles. The van der Waals surface area contributed by atoms with Crippen LogP contribution < -0.4 is 21.5 Å². The van der Waals surface area contributed by atoms with Crippen LogP contribution in [-0.4, -0.2) is 29.7 Å².